The van der Waals surface area contributed by atoms with Gasteiger partial charge in [0, 0.05) is 17.6 Å². The van der Waals surface area contributed by atoms with Crippen molar-refractivity contribution in [1.82, 2.24) is 0 Å². The smallest absolute Gasteiger partial charge is 0.330 e. The fourth-order valence-electron chi connectivity index (χ4n) is 3.35. The third-order valence-corrected chi connectivity index (χ3v) is 5.59. The minimum absolute atomic E-state index is 0.168. The molecule has 0 aliphatic carbocycles. The Hall–Kier alpha value is -3.54. The topological polar surface area (TPSA) is 71.1 Å². The van der Waals surface area contributed by atoms with Crippen LogP contribution in [-0.4, -0.2) is 38.4 Å². The van der Waals surface area contributed by atoms with Crippen molar-refractivity contribution < 1.29 is 28.5 Å². The summed E-state index contributed by atoms with van der Waals surface area (Å²) in [6, 6.07) is 15.9. The second-order valence-corrected chi connectivity index (χ2v) is 7.85. The number of rotatable bonds is 13. The molecule has 0 aliphatic heterocycles. The van der Waals surface area contributed by atoms with Gasteiger partial charge in [0.25, 0.3) is 0 Å². The van der Waals surface area contributed by atoms with Gasteiger partial charge in [-0.05, 0) is 41.3 Å². The first-order chi connectivity index (χ1) is 15.8. The van der Waals surface area contributed by atoms with Crippen LogP contribution >= 0.6 is 0 Å². The van der Waals surface area contributed by atoms with Crippen LogP contribution in [0.2, 0.25) is 0 Å². The van der Waals surface area contributed by atoms with Gasteiger partial charge < -0.3 is 18.9 Å². The Labute approximate surface area is 195 Å². The molecule has 6 heteroatoms. The summed E-state index contributed by atoms with van der Waals surface area (Å²) in [5, 5.41) is 0. The lowest BCUT2D eigenvalue weighted by molar-refractivity contribution is -0.139. The van der Waals surface area contributed by atoms with Crippen molar-refractivity contribution in [3.63, 3.8) is 0 Å². The molecule has 0 saturated carbocycles. The van der Waals surface area contributed by atoms with Gasteiger partial charge in [0.15, 0.2) is 0 Å². The van der Waals surface area contributed by atoms with Crippen LogP contribution in [0.5, 0.6) is 11.5 Å². The lowest BCUT2D eigenvalue weighted by Crippen LogP contribution is -2.30. The molecule has 0 aromatic heterocycles. The first kappa shape index (κ1) is 25.7. The van der Waals surface area contributed by atoms with Gasteiger partial charge in [-0.25, -0.2) is 9.59 Å². The van der Waals surface area contributed by atoms with E-state index in [1.807, 2.05) is 24.3 Å². The highest BCUT2D eigenvalue weighted by Gasteiger charge is 2.32. The average Bonchev–Trinajstić information content (AvgIpc) is 2.84. The van der Waals surface area contributed by atoms with Crippen molar-refractivity contribution in [1.29, 1.82) is 0 Å². The third kappa shape index (κ3) is 7.24. The van der Waals surface area contributed by atoms with Gasteiger partial charge in [-0.3, -0.25) is 0 Å². The van der Waals surface area contributed by atoms with Gasteiger partial charge in [-0.2, -0.15) is 0 Å². The van der Waals surface area contributed by atoms with Crippen LogP contribution in [0.4, 0.5) is 0 Å². The van der Waals surface area contributed by atoms with Crippen LogP contribution in [0.1, 0.15) is 31.9 Å². The summed E-state index contributed by atoms with van der Waals surface area (Å²) >= 11 is 0. The predicted molar refractivity (Wildman–Crippen MR) is 127 cm³/mol. The van der Waals surface area contributed by atoms with Gasteiger partial charge in [-0.1, -0.05) is 58.2 Å². The number of esters is 2. The molecule has 2 rings (SSSR count). The zero-order chi connectivity index (χ0) is 24.3. The maximum Gasteiger partial charge on any atom is 0.330 e. The minimum atomic E-state index is -0.464. The number of ether oxygens (including phenoxy) is 4. The summed E-state index contributed by atoms with van der Waals surface area (Å²) in [4.78, 5) is 22.1. The molecule has 0 amide bonds. The Bertz CT molecular complexity index is 857. The first-order valence-corrected chi connectivity index (χ1v) is 10.9. The van der Waals surface area contributed by atoms with Gasteiger partial charge in [0.1, 0.15) is 37.9 Å². The number of carbonyl (C=O) groups is 2. The molecule has 0 unspecified atom stereocenters. The van der Waals surface area contributed by atoms with E-state index in [0.717, 1.165) is 23.3 Å². The van der Waals surface area contributed by atoms with Gasteiger partial charge >= 0.3 is 11.9 Å². The summed E-state index contributed by atoms with van der Waals surface area (Å²) in [7, 11) is 0. The molecule has 0 aliphatic rings. The normalized spacial score (nSPS) is 10.9. The van der Waals surface area contributed by atoms with Crippen molar-refractivity contribution in [3.8, 4) is 11.5 Å². The highest BCUT2D eigenvalue weighted by molar-refractivity contribution is 5.81. The molecular formula is C27H32O6. The second-order valence-electron chi connectivity index (χ2n) is 7.85. The zero-order valence-corrected chi connectivity index (χ0v) is 19.5. The summed E-state index contributed by atoms with van der Waals surface area (Å²) in [5.41, 5.74) is 2.09. The fourth-order valence-corrected chi connectivity index (χ4v) is 3.35. The van der Waals surface area contributed by atoms with Gasteiger partial charge in [0.2, 0.25) is 0 Å². The Morgan fingerprint density at radius 3 is 1.42 bits per heavy atom. The molecule has 176 valence electrons. The number of carbonyl (C=O) groups excluding carboxylic acids is 2. The van der Waals surface area contributed by atoms with Crippen molar-refractivity contribution in [2.45, 2.75) is 26.2 Å². The summed E-state index contributed by atoms with van der Waals surface area (Å²) in [6.07, 6.45) is 2.25. The molecule has 33 heavy (non-hydrogen) atoms. The van der Waals surface area contributed by atoms with Crippen molar-refractivity contribution in [3.05, 3.63) is 85.0 Å². The van der Waals surface area contributed by atoms with Crippen LogP contribution in [-0.2, 0) is 24.5 Å². The van der Waals surface area contributed by atoms with E-state index in [1.165, 1.54) is 0 Å². The standard InChI is InChI=1S/C27H32O6/c1-6-25(28)32-18-16-30-23-12-8-21(9-13-23)27(5,20(3)4)22-10-14-24(15-11-22)31-17-19-33-26(29)7-2/h6-15,20H,1-2,16-19H2,3-5H3. The Balaban J connectivity index is 2.03. The Morgan fingerprint density at radius 1 is 0.758 bits per heavy atom. The van der Waals surface area contributed by atoms with Gasteiger partial charge in [0.05, 0.1) is 0 Å². The summed E-state index contributed by atoms with van der Waals surface area (Å²) < 4.78 is 21.1. The fraction of sp³-hybridized carbons (Fsp3) is 0.333. The summed E-state index contributed by atoms with van der Waals surface area (Å²) in [6.45, 7) is 14.2. The van der Waals surface area contributed by atoms with E-state index in [4.69, 9.17) is 18.9 Å². The van der Waals surface area contributed by atoms with Crippen LogP contribution in [0.3, 0.4) is 0 Å². The van der Waals surface area contributed by atoms with Gasteiger partial charge in [-0.15, -0.1) is 0 Å². The Kier molecular flexibility index (Phi) is 9.73. The monoisotopic (exact) mass is 452 g/mol. The molecule has 0 heterocycles. The molecule has 0 N–H and O–H groups in total. The van der Waals surface area contributed by atoms with E-state index in [9.17, 15) is 9.59 Å². The van der Waals surface area contributed by atoms with E-state index >= 15 is 0 Å². The second kappa shape index (κ2) is 12.5. The SMILES string of the molecule is C=CC(=O)OCCOc1ccc(C(C)(c2ccc(OCCOC(=O)C=C)cc2)C(C)C)cc1. The van der Waals surface area contributed by atoms with Crippen LogP contribution in [0.15, 0.2) is 73.8 Å². The third-order valence-electron chi connectivity index (χ3n) is 5.59. The van der Waals surface area contributed by atoms with E-state index in [0.29, 0.717) is 17.4 Å². The number of hydrogen-bond donors (Lipinski definition) is 0. The zero-order valence-electron chi connectivity index (χ0n) is 19.5. The molecule has 0 radical (unpaired) electrons. The molecule has 2 aromatic carbocycles. The molecule has 0 bridgehead atoms. The minimum Gasteiger partial charge on any atom is -0.490 e. The molecule has 0 spiro atoms. The predicted octanol–water partition coefficient (Wildman–Crippen LogP) is 4.86. The van der Waals surface area contributed by atoms with Crippen LogP contribution in [0, 0.1) is 5.92 Å². The van der Waals surface area contributed by atoms with E-state index in [1.54, 1.807) is 0 Å². The summed E-state index contributed by atoms with van der Waals surface area (Å²) in [5.74, 6) is 0.817. The molecule has 6 nitrogen and oxygen atoms in total. The molecule has 0 saturated heterocycles. The van der Waals surface area contributed by atoms with E-state index < -0.39 is 11.9 Å². The molecular weight excluding hydrogens is 420 g/mol. The number of hydrogen-bond acceptors (Lipinski definition) is 6. The quantitative estimate of drug-likeness (QED) is 0.245. The highest BCUT2D eigenvalue weighted by atomic mass is 16.6. The van der Waals surface area contributed by atoms with Crippen molar-refractivity contribution in [2.75, 3.05) is 26.4 Å². The lowest BCUT2D eigenvalue weighted by Gasteiger charge is -2.35. The van der Waals surface area contributed by atoms with Crippen LogP contribution in [0.25, 0.3) is 0 Å². The highest BCUT2D eigenvalue weighted by Crippen LogP contribution is 2.40. The maximum absolute atomic E-state index is 11.1. The Morgan fingerprint density at radius 2 is 1.12 bits per heavy atom. The van der Waals surface area contributed by atoms with Crippen molar-refractivity contribution >= 4 is 11.9 Å². The van der Waals surface area contributed by atoms with E-state index in [2.05, 4.69) is 58.2 Å². The molecule has 0 fully saturated rings. The first-order valence-electron chi connectivity index (χ1n) is 10.9. The average molecular weight is 453 g/mol. The lowest BCUT2D eigenvalue weighted by atomic mass is 9.68. The number of benzene rings is 2. The van der Waals surface area contributed by atoms with Crippen LogP contribution < -0.4 is 9.47 Å². The van der Waals surface area contributed by atoms with Crippen molar-refractivity contribution in [2.24, 2.45) is 5.92 Å². The molecule has 0 atom stereocenters. The largest absolute Gasteiger partial charge is 0.490 e. The molecule has 2 aromatic rings. The van der Waals surface area contributed by atoms with E-state index in [-0.39, 0.29) is 31.8 Å². The maximum atomic E-state index is 11.1.